The molecule has 0 aliphatic carbocycles. The molecule has 0 fully saturated rings. The monoisotopic (exact) mass is 572 g/mol. The molecule has 0 spiro atoms. The highest BCUT2D eigenvalue weighted by atomic mass is 16.5. The summed E-state index contributed by atoms with van der Waals surface area (Å²) < 4.78 is 11.7. The van der Waals surface area contributed by atoms with E-state index < -0.39 is 36.0 Å². The van der Waals surface area contributed by atoms with E-state index in [-0.39, 0.29) is 12.4 Å². The molecule has 222 valence electrons. The third kappa shape index (κ3) is 6.43. The number of aromatic hydroxyl groups is 1. The topological polar surface area (TPSA) is 105 Å². The van der Waals surface area contributed by atoms with Gasteiger partial charge in [-0.3, -0.25) is 14.4 Å². The van der Waals surface area contributed by atoms with Gasteiger partial charge >= 0.3 is 5.97 Å². The molecular formula is C34H40N2O6. The van der Waals surface area contributed by atoms with Crippen molar-refractivity contribution in [3.8, 4) is 11.5 Å². The van der Waals surface area contributed by atoms with Gasteiger partial charge in [0, 0.05) is 18.5 Å². The molecule has 1 heterocycles. The number of hydrogen-bond donors (Lipinski definition) is 2. The van der Waals surface area contributed by atoms with Crippen molar-refractivity contribution >= 4 is 17.8 Å². The van der Waals surface area contributed by atoms with E-state index in [0.29, 0.717) is 42.7 Å². The van der Waals surface area contributed by atoms with Gasteiger partial charge in [-0.05, 0) is 75.3 Å². The summed E-state index contributed by atoms with van der Waals surface area (Å²) in [6.07, 6.45) is 1.41. The van der Waals surface area contributed by atoms with Crippen LogP contribution in [0.5, 0.6) is 11.5 Å². The van der Waals surface area contributed by atoms with Crippen molar-refractivity contribution < 1.29 is 29.0 Å². The van der Waals surface area contributed by atoms with Crippen LogP contribution in [0.2, 0.25) is 0 Å². The number of carbonyl (C=O) groups excluding carboxylic acids is 3. The number of phenolic OH excluding ortho intramolecular Hbond substituents is 1. The minimum absolute atomic E-state index is 0.141. The number of nitrogens with zero attached hydrogens (tertiary/aromatic N) is 1. The number of rotatable bonds is 10. The van der Waals surface area contributed by atoms with Gasteiger partial charge in [0.05, 0.1) is 6.61 Å². The Morgan fingerprint density at radius 1 is 1.00 bits per heavy atom. The summed E-state index contributed by atoms with van der Waals surface area (Å²) in [4.78, 5) is 42.5. The minimum atomic E-state index is -1.36. The summed E-state index contributed by atoms with van der Waals surface area (Å²) in [6.45, 7) is 8.98. The lowest BCUT2D eigenvalue weighted by Crippen LogP contribution is -2.57. The Morgan fingerprint density at radius 3 is 2.29 bits per heavy atom. The summed E-state index contributed by atoms with van der Waals surface area (Å²) in [5, 5.41) is 13.6. The Bertz CT molecular complexity index is 1440. The molecule has 1 aliphatic rings. The first-order valence-electron chi connectivity index (χ1n) is 14.4. The Hall–Kier alpha value is -4.33. The van der Waals surface area contributed by atoms with Gasteiger partial charge in [-0.1, -0.05) is 60.7 Å². The highest BCUT2D eigenvalue weighted by Gasteiger charge is 2.47. The van der Waals surface area contributed by atoms with Gasteiger partial charge in [0.1, 0.15) is 24.1 Å². The van der Waals surface area contributed by atoms with E-state index in [1.54, 1.807) is 38.1 Å². The molecule has 8 heteroatoms. The third-order valence-electron chi connectivity index (χ3n) is 8.07. The lowest BCUT2D eigenvalue weighted by molar-refractivity contribution is -0.161. The van der Waals surface area contributed by atoms with Gasteiger partial charge in [0.2, 0.25) is 5.91 Å². The SMILES string of the molecule is CCOC(=O)CN(C(=O)C1(C)CCc2c(C)c(O)c(C)c(C)c2O1)C(C(=O)NCCc1ccccc1)c1ccccc1. The molecule has 0 saturated carbocycles. The van der Waals surface area contributed by atoms with Crippen LogP contribution in [0.3, 0.4) is 0 Å². The average Bonchev–Trinajstić information content (AvgIpc) is 2.99. The Balaban J connectivity index is 1.70. The second-order valence-electron chi connectivity index (χ2n) is 10.9. The Morgan fingerprint density at radius 2 is 1.64 bits per heavy atom. The number of benzene rings is 3. The van der Waals surface area contributed by atoms with Crippen LogP contribution in [0.15, 0.2) is 60.7 Å². The van der Waals surface area contributed by atoms with Crippen LogP contribution in [0, 0.1) is 20.8 Å². The zero-order valence-electron chi connectivity index (χ0n) is 25.0. The first-order valence-corrected chi connectivity index (χ1v) is 14.4. The molecule has 42 heavy (non-hydrogen) atoms. The van der Waals surface area contributed by atoms with Gasteiger partial charge in [0.15, 0.2) is 5.60 Å². The van der Waals surface area contributed by atoms with E-state index in [2.05, 4.69) is 5.32 Å². The molecule has 0 saturated heterocycles. The molecule has 8 nitrogen and oxygen atoms in total. The zero-order valence-corrected chi connectivity index (χ0v) is 25.0. The third-order valence-corrected chi connectivity index (χ3v) is 8.07. The van der Waals surface area contributed by atoms with Crippen molar-refractivity contribution in [1.29, 1.82) is 0 Å². The number of esters is 1. The van der Waals surface area contributed by atoms with E-state index in [4.69, 9.17) is 9.47 Å². The van der Waals surface area contributed by atoms with Gasteiger partial charge in [-0.2, -0.15) is 0 Å². The largest absolute Gasteiger partial charge is 0.507 e. The molecule has 1 aliphatic heterocycles. The Labute approximate surface area is 247 Å². The number of phenols is 1. The minimum Gasteiger partial charge on any atom is -0.507 e. The van der Waals surface area contributed by atoms with Crippen LogP contribution in [0.25, 0.3) is 0 Å². The number of hydrogen-bond acceptors (Lipinski definition) is 6. The fourth-order valence-corrected chi connectivity index (χ4v) is 5.51. The Kier molecular flexibility index (Phi) is 9.55. The normalized spacial score (nSPS) is 16.5. The first kappa shape index (κ1) is 30.6. The average molecular weight is 573 g/mol. The molecule has 3 aromatic rings. The summed E-state index contributed by atoms with van der Waals surface area (Å²) >= 11 is 0. The summed E-state index contributed by atoms with van der Waals surface area (Å²) in [5.74, 6) is -0.718. The molecule has 2 unspecified atom stereocenters. The number of nitrogens with one attached hydrogen (secondary N) is 1. The fraction of sp³-hybridized carbons (Fsp3) is 0.382. The fourth-order valence-electron chi connectivity index (χ4n) is 5.51. The van der Waals surface area contributed by atoms with Crippen molar-refractivity contribution in [3.63, 3.8) is 0 Å². The maximum atomic E-state index is 14.5. The standard InChI is InChI=1S/C34H40N2O6/c1-6-41-28(37)21-36(33(40)34(5)19-17-27-24(4)30(38)22(2)23(3)31(27)42-34)29(26-15-11-8-12-16-26)32(39)35-20-18-25-13-9-7-10-14-25/h7-16,29,38H,6,17-21H2,1-5H3,(H,35,39). The summed E-state index contributed by atoms with van der Waals surface area (Å²) in [5.41, 5.74) is 3.30. The van der Waals surface area contributed by atoms with Crippen LogP contribution in [-0.2, 0) is 32.0 Å². The van der Waals surface area contributed by atoms with E-state index in [9.17, 15) is 19.5 Å². The maximum Gasteiger partial charge on any atom is 0.325 e. The highest BCUT2D eigenvalue weighted by molar-refractivity contribution is 5.94. The van der Waals surface area contributed by atoms with E-state index in [1.165, 1.54) is 4.90 Å². The first-order chi connectivity index (χ1) is 20.1. The molecule has 0 aromatic heterocycles. The van der Waals surface area contributed by atoms with Gasteiger partial charge in [-0.15, -0.1) is 0 Å². The second-order valence-corrected chi connectivity index (χ2v) is 10.9. The van der Waals surface area contributed by atoms with Gasteiger partial charge in [0.25, 0.3) is 5.91 Å². The van der Waals surface area contributed by atoms with Crippen LogP contribution >= 0.6 is 0 Å². The number of ether oxygens (including phenoxy) is 2. The van der Waals surface area contributed by atoms with Crippen LogP contribution in [-0.4, -0.2) is 53.1 Å². The zero-order chi connectivity index (χ0) is 30.4. The van der Waals surface area contributed by atoms with Crippen LogP contribution in [0.1, 0.15) is 59.7 Å². The van der Waals surface area contributed by atoms with Crippen molar-refractivity contribution in [3.05, 3.63) is 94.0 Å². The second kappa shape index (κ2) is 13.1. The summed E-state index contributed by atoms with van der Waals surface area (Å²) in [6, 6.07) is 17.7. The van der Waals surface area contributed by atoms with Crippen molar-refractivity contribution in [2.24, 2.45) is 0 Å². The highest BCUT2D eigenvalue weighted by Crippen LogP contribution is 2.44. The molecular weight excluding hydrogens is 532 g/mol. The molecule has 0 radical (unpaired) electrons. The van der Waals surface area contributed by atoms with Gasteiger partial charge < -0.3 is 24.8 Å². The molecule has 2 N–H and O–H groups in total. The smallest absolute Gasteiger partial charge is 0.325 e. The number of carbonyl (C=O) groups is 3. The maximum absolute atomic E-state index is 14.5. The van der Waals surface area contributed by atoms with Crippen LogP contribution in [0.4, 0.5) is 0 Å². The predicted octanol–water partition coefficient (Wildman–Crippen LogP) is 4.89. The molecule has 4 rings (SSSR count). The predicted molar refractivity (Wildman–Crippen MR) is 160 cm³/mol. The molecule has 0 bridgehead atoms. The van der Waals surface area contributed by atoms with E-state index in [0.717, 1.165) is 22.3 Å². The van der Waals surface area contributed by atoms with E-state index in [1.807, 2.05) is 57.2 Å². The lowest BCUT2D eigenvalue weighted by atomic mass is 9.86. The lowest BCUT2D eigenvalue weighted by Gasteiger charge is -2.41. The van der Waals surface area contributed by atoms with Gasteiger partial charge in [-0.25, -0.2) is 0 Å². The summed E-state index contributed by atoms with van der Waals surface area (Å²) in [7, 11) is 0. The van der Waals surface area contributed by atoms with Crippen molar-refractivity contribution in [2.45, 2.75) is 65.5 Å². The molecule has 2 amide bonds. The van der Waals surface area contributed by atoms with Crippen molar-refractivity contribution in [2.75, 3.05) is 19.7 Å². The quantitative estimate of drug-likeness (QED) is 0.335. The number of amides is 2. The van der Waals surface area contributed by atoms with E-state index >= 15 is 0 Å². The molecule has 3 aromatic carbocycles. The van der Waals surface area contributed by atoms with Crippen LogP contribution < -0.4 is 10.1 Å². The molecule has 2 atom stereocenters. The van der Waals surface area contributed by atoms with Crippen molar-refractivity contribution in [1.82, 2.24) is 10.2 Å². The number of fused-ring (bicyclic) bond motifs is 1.